The highest BCUT2D eigenvalue weighted by Gasteiger charge is 2.56. The molecule has 0 N–H and O–H groups in total. The Morgan fingerprint density at radius 1 is 1.14 bits per heavy atom. The highest BCUT2D eigenvalue weighted by molar-refractivity contribution is 9.10. The summed E-state index contributed by atoms with van der Waals surface area (Å²) >= 11 is 1.88. The molecule has 0 heterocycles. The second-order valence-electron chi connectivity index (χ2n) is 4.05. The molecule has 0 rings (SSSR count). The van der Waals surface area contributed by atoms with Gasteiger partial charge in [-0.05, 0) is 15.9 Å². The number of rotatable bonds is 2. The Hall–Kier alpha value is -0.130. The summed E-state index contributed by atoms with van der Waals surface area (Å²) in [7, 11) is 0. The largest absolute Gasteiger partial charge is 0.433 e. The average Bonchev–Trinajstić information content (AvgIpc) is 1.80. The predicted molar refractivity (Wildman–Crippen MR) is 47.9 cm³/mol. The Kier molecular flexibility index (Phi) is 3.76. The molecule has 0 saturated carbocycles. The third kappa shape index (κ3) is 3.55. The molecule has 0 aliphatic rings. The van der Waals surface area contributed by atoms with Crippen molar-refractivity contribution in [1.29, 1.82) is 0 Å². The van der Waals surface area contributed by atoms with E-state index in [0.717, 1.165) is 0 Å². The van der Waals surface area contributed by atoms with Crippen LogP contribution in [0, 0.1) is 5.41 Å². The predicted octanol–water partition coefficient (Wildman–Crippen LogP) is 3.61. The van der Waals surface area contributed by atoms with Gasteiger partial charge in [-0.15, -0.1) is 0 Å². The summed E-state index contributed by atoms with van der Waals surface area (Å²) in [5, 5.41) is 0. The molecule has 0 aromatic rings. The van der Waals surface area contributed by atoms with E-state index in [4.69, 9.17) is 0 Å². The summed E-state index contributed by atoms with van der Waals surface area (Å²) in [6, 6.07) is 0. The Morgan fingerprint density at radius 3 is 1.71 bits per heavy atom. The van der Waals surface area contributed by atoms with Crippen LogP contribution in [0.3, 0.4) is 0 Å². The lowest BCUT2D eigenvalue weighted by molar-refractivity contribution is -0.195. The first-order chi connectivity index (χ1) is 5.88. The van der Waals surface area contributed by atoms with Crippen LogP contribution in [0.1, 0.15) is 27.2 Å². The molecule has 0 radical (unpaired) electrons. The van der Waals surface area contributed by atoms with Gasteiger partial charge in [0.25, 0.3) is 4.58 Å². The topological polar surface area (TPSA) is 17.1 Å². The minimum Gasteiger partial charge on any atom is -0.299 e. The van der Waals surface area contributed by atoms with Crippen molar-refractivity contribution in [3.05, 3.63) is 0 Å². The second-order valence-corrected chi connectivity index (χ2v) is 5.31. The van der Waals surface area contributed by atoms with Crippen molar-refractivity contribution in [2.75, 3.05) is 0 Å². The molecule has 0 aromatic carbocycles. The molecule has 84 valence electrons. The SMILES string of the molecule is CC(C)(C)C(=O)CC(F)(Br)C(F)(F)F. The fourth-order valence-electron chi connectivity index (χ4n) is 0.567. The van der Waals surface area contributed by atoms with Crippen LogP contribution in [0.5, 0.6) is 0 Å². The van der Waals surface area contributed by atoms with Gasteiger partial charge in [0, 0.05) is 5.41 Å². The molecule has 1 nitrogen and oxygen atoms in total. The van der Waals surface area contributed by atoms with Crippen LogP contribution in [0.4, 0.5) is 17.6 Å². The van der Waals surface area contributed by atoms with Gasteiger partial charge in [0.2, 0.25) is 0 Å². The maximum absolute atomic E-state index is 12.9. The third-order valence-corrected chi connectivity index (χ3v) is 2.36. The normalized spacial score (nSPS) is 17.7. The van der Waals surface area contributed by atoms with Crippen molar-refractivity contribution in [2.24, 2.45) is 5.41 Å². The fourth-order valence-corrected chi connectivity index (χ4v) is 0.822. The zero-order valence-corrected chi connectivity index (χ0v) is 9.59. The van der Waals surface area contributed by atoms with Crippen LogP contribution >= 0.6 is 15.9 Å². The number of hydrogen-bond acceptors (Lipinski definition) is 1. The zero-order valence-electron chi connectivity index (χ0n) is 8.01. The molecular formula is C8H11BrF4O. The van der Waals surface area contributed by atoms with Crippen LogP contribution in [0.25, 0.3) is 0 Å². The maximum Gasteiger partial charge on any atom is 0.433 e. The molecule has 0 fully saturated rings. The molecule has 0 aliphatic carbocycles. The van der Waals surface area contributed by atoms with E-state index >= 15 is 0 Å². The summed E-state index contributed by atoms with van der Waals surface area (Å²) < 4.78 is 45.4. The number of halogens is 5. The summed E-state index contributed by atoms with van der Waals surface area (Å²) in [6.07, 6.45) is -6.28. The van der Waals surface area contributed by atoms with Crippen LogP contribution in [-0.4, -0.2) is 16.5 Å². The van der Waals surface area contributed by atoms with E-state index in [9.17, 15) is 22.4 Å². The maximum atomic E-state index is 12.9. The van der Waals surface area contributed by atoms with Crippen molar-refractivity contribution < 1.29 is 22.4 Å². The lowest BCUT2D eigenvalue weighted by Crippen LogP contribution is -2.39. The van der Waals surface area contributed by atoms with E-state index in [1.165, 1.54) is 20.8 Å². The fraction of sp³-hybridized carbons (Fsp3) is 0.875. The van der Waals surface area contributed by atoms with Crippen LogP contribution < -0.4 is 0 Å². The highest BCUT2D eigenvalue weighted by atomic mass is 79.9. The van der Waals surface area contributed by atoms with Crippen molar-refractivity contribution in [3.63, 3.8) is 0 Å². The molecule has 6 heteroatoms. The summed E-state index contributed by atoms with van der Waals surface area (Å²) in [5.74, 6) is -0.783. The molecule has 0 aromatic heterocycles. The van der Waals surface area contributed by atoms with Crippen LogP contribution in [-0.2, 0) is 4.79 Å². The summed E-state index contributed by atoms with van der Waals surface area (Å²) in [4.78, 5) is 11.2. The Bertz CT molecular complexity index is 226. The molecular weight excluding hydrogens is 268 g/mol. The first-order valence-electron chi connectivity index (χ1n) is 3.86. The van der Waals surface area contributed by atoms with Crippen molar-refractivity contribution in [1.82, 2.24) is 0 Å². The summed E-state index contributed by atoms with van der Waals surface area (Å²) in [5.41, 5.74) is -0.976. The number of carbonyl (C=O) groups is 1. The van der Waals surface area contributed by atoms with Crippen molar-refractivity contribution in [3.8, 4) is 0 Å². The number of ketones is 1. The molecule has 0 bridgehead atoms. The van der Waals surface area contributed by atoms with Gasteiger partial charge in [-0.2, -0.15) is 13.2 Å². The molecule has 0 spiro atoms. The number of Topliss-reactive ketones (excluding diaryl/α,β-unsaturated/α-hetero) is 1. The molecule has 0 aliphatic heterocycles. The second kappa shape index (κ2) is 3.79. The van der Waals surface area contributed by atoms with E-state index in [0.29, 0.717) is 0 Å². The lowest BCUT2D eigenvalue weighted by atomic mass is 9.88. The van der Waals surface area contributed by atoms with Gasteiger partial charge in [0.15, 0.2) is 0 Å². The smallest absolute Gasteiger partial charge is 0.299 e. The van der Waals surface area contributed by atoms with Crippen LogP contribution in [0.15, 0.2) is 0 Å². The van der Waals surface area contributed by atoms with E-state index in [1.54, 1.807) is 0 Å². The number of carbonyl (C=O) groups excluding carboxylic acids is 1. The molecule has 0 saturated heterocycles. The highest BCUT2D eigenvalue weighted by Crippen LogP contribution is 2.43. The van der Waals surface area contributed by atoms with Gasteiger partial charge >= 0.3 is 6.18 Å². The Balaban J connectivity index is 4.62. The molecule has 1 atom stereocenters. The minimum atomic E-state index is -5.08. The quantitative estimate of drug-likeness (QED) is 0.557. The number of alkyl halides is 5. The minimum absolute atomic E-state index is 0.783. The van der Waals surface area contributed by atoms with Crippen molar-refractivity contribution >= 4 is 21.7 Å². The van der Waals surface area contributed by atoms with Gasteiger partial charge in [0.1, 0.15) is 5.78 Å². The molecule has 1 unspecified atom stereocenters. The third-order valence-electron chi connectivity index (χ3n) is 1.63. The van der Waals surface area contributed by atoms with Crippen molar-refractivity contribution in [2.45, 2.75) is 37.9 Å². The monoisotopic (exact) mass is 278 g/mol. The van der Waals surface area contributed by atoms with Crippen LogP contribution in [0.2, 0.25) is 0 Å². The lowest BCUT2D eigenvalue weighted by Gasteiger charge is -2.24. The molecule has 14 heavy (non-hydrogen) atoms. The first-order valence-corrected chi connectivity index (χ1v) is 4.65. The first kappa shape index (κ1) is 13.9. The van der Waals surface area contributed by atoms with E-state index in [-0.39, 0.29) is 0 Å². The Labute approximate surface area is 88.0 Å². The van der Waals surface area contributed by atoms with E-state index in [2.05, 4.69) is 0 Å². The number of hydrogen-bond donors (Lipinski definition) is 0. The van der Waals surface area contributed by atoms with E-state index in [1.807, 2.05) is 15.9 Å². The van der Waals surface area contributed by atoms with E-state index < -0.39 is 28.4 Å². The van der Waals surface area contributed by atoms with Gasteiger partial charge in [-0.25, -0.2) is 4.39 Å². The zero-order chi connectivity index (χ0) is 11.8. The van der Waals surface area contributed by atoms with Gasteiger partial charge in [-0.3, -0.25) is 4.79 Å². The van der Waals surface area contributed by atoms with Gasteiger partial charge in [0.05, 0.1) is 6.42 Å². The average molecular weight is 279 g/mol. The van der Waals surface area contributed by atoms with Gasteiger partial charge in [-0.1, -0.05) is 20.8 Å². The van der Waals surface area contributed by atoms with Gasteiger partial charge < -0.3 is 0 Å². The Morgan fingerprint density at radius 2 is 1.50 bits per heavy atom. The summed E-state index contributed by atoms with van der Waals surface area (Å²) in [6.45, 7) is 4.32. The molecule has 0 amide bonds. The standard InChI is InChI=1S/C8H11BrF4O/c1-6(2,3)5(14)4-7(9,10)8(11,12)13/h4H2,1-3H3.